The van der Waals surface area contributed by atoms with E-state index in [0.717, 1.165) is 5.39 Å². The number of halogens is 1. The fraction of sp³-hybridized carbons (Fsp3) is 0.158. The van der Waals surface area contributed by atoms with Crippen LogP contribution in [0.25, 0.3) is 10.9 Å². The van der Waals surface area contributed by atoms with E-state index in [0.29, 0.717) is 11.1 Å². The van der Waals surface area contributed by atoms with Gasteiger partial charge in [0.2, 0.25) is 5.91 Å². The van der Waals surface area contributed by atoms with Gasteiger partial charge in [-0.25, -0.2) is 4.39 Å². The highest BCUT2D eigenvalue weighted by Crippen LogP contribution is 2.14. The van der Waals surface area contributed by atoms with E-state index >= 15 is 0 Å². The Morgan fingerprint density at radius 1 is 1.16 bits per heavy atom. The molecule has 0 bridgehead atoms. The van der Waals surface area contributed by atoms with Crippen molar-refractivity contribution in [2.45, 2.75) is 18.9 Å². The molecule has 0 fully saturated rings. The van der Waals surface area contributed by atoms with Crippen molar-refractivity contribution in [1.82, 2.24) is 4.98 Å². The largest absolute Gasteiger partial charge is 0.327 e. The zero-order valence-electron chi connectivity index (χ0n) is 13.5. The number of anilines is 1. The number of benzene rings is 2. The molecule has 0 radical (unpaired) electrons. The molecule has 0 aliphatic rings. The number of nitrogens with one attached hydrogen (secondary N) is 2. The highest BCUT2D eigenvalue weighted by Gasteiger charge is 2.14. The van der Waals surface area contributed by atoms with Crippen LogP contribution in [0.4, 0.5) is 10.1 Å². The Morgan fingerprint density at radius 2 is 1.88 bits per heavy atom. The number of hydrogen-bond acceptors (Lipinski definition) is 3. The van der Waals surface area contributed by atoms with E-state index in [1.54, 1.807) is 30.3 Å². The molecule has 5 nitrogen and oxygen atoms in total. The summed E-state index contributed by atoms with van der Waals surface area (Å²) in [4.78, 5) is 26.9. The van der Waals surface area contributed by atoms with Gasteiger partial charge in [-0.1, -0.05) is 36.4 Å². The lowest BCUT2D eigenvalue weighted by atomic mass is 10.0. The van der Waals surface area contributed by atoms with Crippen molar-refractivity contribution in [3.63, 3.8) is 0 Å². The number of carbonyl (C=O) groups is 1. The van der Waals surface area contributed by atoms with Crippen molar-refractivity contribution in [2.75, 3.05) is 5.32 Å². The summed E-state index contributed by atoms with van der Waals surface area (Å²) >= 11 is 0. The van der Waals surface area contributed by atoms with Gasteiger partial charge in [-0.3, -0.25) is 9.59 Å². The van der Waals surface area contributed by atoms with E-state index in [-0.39, 0.29) is 35.8 Å². The Labute approximate surface area is 143 Å². The third-order valence-corrected chi connectivity index (χ3v) is 3.92. The number of fused-ring (bicyclic) bond motifs is 1. The number of rotatable bonds is 5. The molecular formula is C19H18FN3O2. The van der Waals surface area contributed by atoms with Crippen LogP contribution in [0, 0.1) is 5.82 Å². The van der Waals surface area contributed by atoms with Crippen LogP contribution in [0.5, 0.6) is 0 Å². The van der Waals surface area contributed by atoms with Crippen LogP contribution in [0.15, 0.2) is 59.4 Å². The summed E-state index contributed by atoms with van der Waals surface area (Å²) in [7, 11) is 0. The minimum absolute atomic E-state index is 0.0133. The van der Waals surface area contributed by atoms with Crippen molar-refractivity contribution < 1.29 is 9.18 Å². The van der Waals surface area contributed by atoms with E-state index in [1.165, 1.54) is 6.07 Å². The molecule has 3 rings (SSSR count). The number of pyridine rings is 1. The van der Waals surface area contributed by atoms with Gasteiger partial charge in [-0.15, -0.1) is 0 Å². The van der Waals surface area contributed by atoms with Crippen molar-refractivity contribution in [3.05, 3.63) is 76.3 Å². The molecule has 4 N–H and O–H groups in total. The Balaban J connectivity index is 1.67. The summed E-state index contributed by atoms with van der Waals surface area (Å²) in [6.07, 6.45) is 0.231. The van der Waals surface area contributed by atoms with Gasteiger partial charge in [0.05, 0.1) is 0 Å². The molecule has 1 amide bonds. The highest BCUT2D eigenvalue weighted by molar-refractivity contribution is 5.93. The standard InChI is InChI=1S/C19H18FN3O2/c20-15-7-3-1-5-12(15)9-14(21)11-18(24)22-17-10-13-6-2-4-8-16(13)23-19(17)25/h1-8,10,14H,9,11,21H2,(H,22,24)(H,23,25)/t14-/m1/s1. The van der Waals surface area contributed by atoms with E-state index < -0.39 is 6.04 Å². The van der Waals surface area contributed by atoms with Gasteiger partial charge in [-0.05, 0) is 30.2 Å². The molecule has 0 aliphatic carbocycles. The molecule has 1 heterocycles. The number of amides is 1. The molecule has 0 aliphatic heterocycles. The zero-order valence-corrected chi connectivity index (χ0v) is 13.5. The lowest BCUT2D eigenvalue weighted by molar-refractivity contribution is -0.116. The van der Waals surface area contributed by atoms with Crippen molar-refractivity contribution >= 4 is 22.5 Å². The lowest BCUT2D eigenvalue weighted by Gasteiger charge is -2.12. The van der Waals surface area contributed by atoms with Crippen LogP contribution in [-0.4, -0.2) is 16.9 Å². The van der Waals surface area contributed by atoms with Crippen LogP contribution in [0.3, 0.4) is 0 Å². The maximum absolute atomic E-state index is 13.6. The normalized spacial score (nSPS) is 12.1. The fourth-order valence-electron chi connectivity index (χ4n) is 2.70. The third-order valence-electron chi connectivity index (χ3n) is 3.92. The van der Waals surface area contributed by atoms with E-state index in [9.17, 15) is 14.0 Å². The topological polar surface area (TPSA) is 88.0 Å². The van der Waals surface area contributed by atoms with Crippen molar-refractivity contribution in [3.8, 4) is 0 Å². The van der Waals surface area contributed by atoms with Gasteiger partial charge in [0.1, 0.15) is 11.5 Å². The van der Waals surface area contributed by atoms with Gasteiger partial charge in [0.15, 0.2) is 0 Å². The molecule has 128 valence electrons. The van der Waals surface area contributed by atoms with E-state index in [2.05, 4.69) is 10.3 Å². The van der Waals surface area contributed by atoms with Gasteiger partial charge in [-0.2, -0.15) is 0 Å². The van der Waals surface area contributed by atoms with Crippen molar-refractivity contribution in [1.29, 1.82) is 0 Å². The summed E-state index contributed by atoms with van der Waals surface area (Å²) in [6.45, 7) is 0. The molecule has 3 aromatic rings. The Hall–Kier alpha value is -2.99. The number of aromatic amines is 1. The van der Waals surface area contributed by atoms with Crippen LogP contribution in [0.1, 0.15) is 12.0 Å². The van der Waals surface area contributed by atoms with Gasteiger partial charge < -0.3 is 16.0 Å². The monoisotopic (exact) mass is 339 g/mol. The first-order valence-corrected chi connectivity index (χ1v) is 7.94. The van der Waals surface area contributed by atoms with Crippen LogP contribution in [-0.2, 0) is 11.2 Å². The number of carbonyl (C=O) groups excluding carboxylic acids is 1. The van der Waals surface area contributed by atoms with Gasteiger partial charge in [0, 0.05) is 23.4 Å². The van der Waals surface area contributed by atoms with Crippen LogP contribution >= 0.6 is 0 Å². The van der Waals surface area contributed by atoms with Gasteiger partial charge >= 0.3 is 0 Å². The Kier molecular flexibility index (Phi) is 4.90. The lowest BCUT2D eigenvalue weighted by Crippen LogP contribution is -2.30. The third kappa shape index (κ3) is 4.10. The summed E-state index contributed by atoms with van der Waals surface area (Å²) in [5.74, 6) is -0.728. The van der Waals surface area contributed by atoms with Gasteiger partial charge in [0.25, 0.3) is 5.56 Å². The smallest absolute Gasteiger partial charge is 0.272 e. The quantitative estimate of drug-likeness (QED) is 0.667. The molecule has 6 heteroatoms. The summed E-state index contributed by atoms with van der Waals surface area (Å²) in [5, 5.41) is 3.39. The minimum atomic E-state index is -0.545. The molecule has 2 aromatic carbocycles. The first-order chi connectivity index (χ1) is 12.0. The maximum Gasteiger partial charge on any atom is 0.272 e. The Morgan fingerprint density at radius 3 is 2.68 bits per heavy atom. The minimum Gasteiger partial charge on any atom is -0.327 e. The summed E-state index contributed by atoms with van der Waals surface area (Å²) < 4.78 is 13.6. The number of hydrogen-bond donors (Lipinski definition) is 3. The van der Waals surface area contributed by atoms with E-state index in [4.69, 9.17) is 5.73 Å². The SMILES string of the molecule is N[C@@H](CC(=O)Nc1cc2ccccc2[nH]c1=O)Cc1ccccc1F. The number of aromatic nitrogens is 1. The predicted octanol–water partition coefficient (Wildman–Crippen LogP) is 2.57. The number of para-hydroxylation sites is 1. The second kappa shape index (κ2) is 7.27. The molecule has 0 saturated heterocycles. The summed E-state index contributed by atoms with van der Waals surface area (Å²) in [6, 6.07) is 14.7. The van der Waals surface area contributed by atoms with Crippen molar-refractivity contribution in [2.24, 2.45) is 5.73 Å². The second-order valence-electron chi connectivity index (χ2n) is 5.91. The van der Waals surface area contributed by atoms with Crippen LogP contribution < -0.4 is 16.6 Å². The zero-order chi connectivity index (χ0) is 17.8. The fourth-order valence-corrected chi connectivity index (χ4v) is 2.70. The molecule has 1 aromatic heterocycles. The second-order valence-corrected chi connectivity index (χ2v) is 5.91. The first-order valence-electron chi connectivity index (χ1n) is 7.94. The Bertz CT molecular complexity index is 968. The molecule has 25 heavy (non-hydrogen) atoms. The molecule has 1 atom stereocenters. The average Bonchev–Trinajstić information content (AvgIpc) is 2.57. The average molecular weight is 339 g/mol. The molecule has 0 unspecified atom stereocenters. The number of nitrogens with two attached hydrogens (primary N) is 1. The molecule has 0 spiro atoms. The highest BCUT2D eigenvalue weighted by atomic mass is 19.1. The number of H-pyrrole nitrogens is 1. The summed E-state index contributed by atoms with van der Waals surface area (Å²) in [5.41, 5.74) is 6.89. The predicted molar refractivity (Wildman–Crippen MR) is 95.9 cm³/mol. The van der Waals surface area contributed by atoms with E-state index in [1.807, 2.05) is 18.2 Å². The molecule has 0 saturated carbocycles. The molecular weight excluding hydrogens is 321 g/mol. The van der Waals surface area contributed by atoms with Crippen LogP contribution in [0.2, 0.25) is 0 Å². The first kappa shape index (κ1) is 16.9. The maximum atomic E-state index is 13.6.